The third-order valence-corrected chi connectivity index (χ3v) is 23.9. The normalized spacial score (nSPS) is 16.2. The summed E-state index contributed by atoms with van der Waals surface area (Å²) in [6, 6.07) is 36.2. The Bertz CT molecular complexity index is 1640. The van der Waals surface area contributed by atoms with Gasteiger partial charge in [0.25, 0.3) is 0 Å². The first kappa shape index (κ1) is 28.7. The summed E-state index contributed by atoms with van der Waals surface area (Å²) >= 11 is -4.27. The van der Waals surface area contributed by atoms with Crippen molar-refractivity contribution < 1.29 is 18.3 Å². The predicted octanol–water partition coefficient (Wildman–Crippen LogP) is 8.54. The maximum atomic E-state index is 5.44. The molecule has 0 spiro atoms. The van der Waals surface area contributed by atoms with Crippen LogP contribution in [-0.2, 0) is 24.7 Å². The van der Waals surface area contributed by atoms with Gasteiger partial charge in [-0.05, 0) is 0 Å². The Kier molecular flexibility index (Phi) is 7.81. The molecular formula is C35H36Cl2Zr. The number of hydrogen-bond donors (Lipinski definition) is 0. The zero-order valence-electron chi connectivity index (χ0n) is 22.6. The number of aryl methyl sites for hydroxylation is 1. The van der Waals surface area contributed by atoms with Crippen molar-refractivity contribution in [2.45, 2.75) is 31.8 Å². The fourth-order valence-corrected chi connectivity index (χ4v) is 22.1. The van der Waals surface area contributed by atoms with Crippen LogP contribution in [0, 0.1) is 12.8 Å². The van der Waals surface area contributed by atoms with E-state index in [1.165, 1.54) is 51.1 Å². The zero-order chi connectivity index (χ0) is 25.1. The number of benzene rings is 4. The third-order valence-electron chi connectivity index (χ3n) is 8.91. The molecule has 0 amide bonds. The average molecular weight is 619 g/mol. The molecule has 0 bridgehead atoms. The topological polar surface area (TPSA) is 0 Å². The fourth-order valence-electron chi connectivity index (χ4n) is 7.25. The summed E-state index contributed by atoms with van der Waals surface area (Å²) in [5.41, 5.74) is 11.2. The van der Waals surface area contributed by atoms with Gasteiger partial charge in [-0.2, -0.15) is 0 Å². The molecule has 2 aliphatic carbocycles. The van der Waals surface area contributed by atoms with E-state index in [9.17, 15) is 0 Å². The standard InChI is InChI=1S/C13H9.C13H13.C7H7.CH3.CH2.2ClH.Zr/c1-3-7-12-10(5-1)9-11-6-2-4-8-13(11)12;1-10-8-11(2)13(9-10)12-6-4-3-5-7-12;1-7-5-3-2-4-6-7;;;;;/h1-5,7-8H,9H2;3-7,9-10H,1-2H3;3-6H,1H3;1H3;1H2;2*1H;. The number of rotatable bonds is 4. The summed E-state index contributed by atoms with van der Waals surface area (Å²) in [4.78, 5) is 0. The van der Waals surface area contributed by atoms with E-state index in [4.69, 9.17) is 4.21 Å². The van der Waals surface area contributed by atoms with Gasteiger partial charge in [0.1, 0.15) is 0 Å². The van der Waals surface area contributed by atoms with Crippen molar-refractivity contribution in [3.8, 4) is 11.1 Å². The summed E-state index contributed by atoms with van der Waals surface area (Å²) in [5, 5.41) is 0. The first-order valence-electron chi connectivity index (χ1n) is 13.1. The summed E-state index contributed by atoms with van der Waals surface area (Å²) in [6.45, 7) is 6.93. The van der Waals surface area contributed by atoms with E-state index in [0.717, 1.165) is 6.42 Å². The minimum absolute atomic E-state index is 0. The van der Waals surface area contributed by atoms with Crippen molar-refractivity contribution in [3.05, 3.63) is 134 Å². The molecule has 0 fully saturated rings. The second-order valence-electron chi connectivity index (χ2n) is 11.3. The molecule has 1 atom stereocenters. The molecule has 0 N–H and O–H groups in total. The van der Waals surface area contributed by atoms with E-state index in [1.54, 1.807) is 3.28 Å². The second-order valence-corrected chi connectivity index (χ2v) is 25.3. The number of fused-ring (bicyclic) bond motifs is 3. The van der Waals surface area contributed by atoms with Crippen molar-refractivity contribution >= 4 is 41.1 Å². The molecule has 0 nitrogen and oxygen atoms in total. The van der Waals surface area contributed by atoms with E-state index in [2.05, 4.69) is 129 Å². The van der Waals surface area contributed by atoms with Gasteiger partial charge < -0.3 is 0 Å². The quantitative estimate of drug-likeness (QED) is 0.189. The van der Waals surface area contributed by atoms with E-state index in [1.807, 2.05) is 0 Å². The molecule has 2 aliphatic rings. The van der Waals surface area contributed by atoms with Gasteiger partial charge in [0.2, 0.25) is 0 Å². The van der Waals surface area contributed by atoms with Crippen molar-refractivity contribution in [2.75, 3.05) is 0 Å². The summed E-state index contributed by atoms with van der Waals surface area (Å²) in [7, 11) is 0. The Morgan fingerprint density at radius 1 is 0.737 bits per heavy atom. The first-order valence-corrected chi connectivity index (χ1v) is 21.0. The fraction of sp³-hybridized carbons (Fsp3) is 0.171. The Hall–Kier alpha value is -2.31. The molecule has 0 radical (unpaired) electrons. The van der Waals surface area contributed by atoms with Crippen LogP contribution in [0.5, 0.6) is 0 Å². The molecule has 3 heteroatoms. The molecule has 0 saturated carbocycles. The number of hydrogen-bond acceptors (Lipinski definition) is 0. The van der Waals surface area contributed by atoms with Crippen LogP contribution in [0.2, 0.25) is 4.63 Å². The van der Waals surface area contributed by atoms with Crippen LogP contribution < -0.4 is 6.54 Å². The van der Waals surface area contributed by atoms with Gasteiger partial charge in [0, 0.05) is 0 Å². The third kappa shape index (κ3) is 4.19. The van der Waals surface area contributed by atoms with Crippen LogP contribution in [0.15, 0.2) is 112 Å². The molecule has 0 aromatic heterocycles. The van der Waals surface area contributed by atoms with E-state index >= 15 is 0 Å². The van der Waals surface area contributed by atoms with Gasteiger partial charge in [-0.3, -0.25) is 0 Å². The Labute approximate surface area is 241 Å². The van der Waals surface area contributed by atoms with Gasteiger partial charge in [0.05, 0.1) is 0 Å². The van der Waals surface area contributed by atoms with E-state index in [0.29, 0.717) is 5.92 Å². The maximum absolute atomic E-state index is 5.44. The van der Waals surface area contributed by atoms with Gasteiger partial charge in [-0.15, -0.1) is 24.8 Å². The van der Waals surface area contributed by atoms with Crippen molar-refractivity contribution in [1.29, 1.82) is 0 Å². The van der Waals surface area contributed by atoms with Crippen molar-refractivity contribution in [3.63, 3.8) is 0 Å². The van der Waals surface area contributed by atoms with Crippen LogP contribution in [-0.4, -0.2) is 4.21 Å². The van der Waals surface area contributed by atoms with Crippen LogP contribution in [0.1, 0.15) is 36.1 Å². The average Bonchev–Trinajstić information content (AvgIpc) is 3.42. The molecule has 194 valence electrons. The summed E-state index contributed by atoms with van der Waals surface area (Å²) in [5.74, 6) is 0.356. The molecule has 4 aromatic rings. The van der Waals surface area contributed by atoms with E-state index < -0.39 is 18.3 Å². The summed E-state index contributed by atoms with van der Waals surface area (Å²) < 4.78 is 12.6. The van der Waals surface area contributed by atoms with Gasteiger partial charge in [0.15, 0.2) is 0 Å². The molecule has 4 aromatic carbocycles. The van der Waals surface area contributed by atoms with Crippen LogP contribution in [0.3, 0.4) is 0 Å². The number of halogens is 2. The Morgan fingerprint density at radius 2 is 1.37 bits per heavy atom. The second kappa shape index (κ2) is 10.3. The van der Waals surface area contributed by atoms with Gasteiger partial charge in [-0.25, -0.2) is 0 Å². The molecule has 0 saturated heterocycles. The molecule has 38 heavy (non-hydrogen) atoms. The monoisotopic (exact) mass is 616 g/mol. The van der Waals surface area contributed by atoms with Crippen LogP contribution >= 0.6 is 24.8 Å². The van der Waals surface area contributed by atoms with Crippen LogP contribution in [0.4, 0.5) is 0 Å². The van der Waals surface area contributed by atoms with Crippen LogP contribution in [0.25, 0.3) is 16.7 Å². The molecule has 0 heterocycles. The SMILES string of the molecule is Cl.Cl.[CH2]=[Zr]([CH3])([C]1=C(C)C(c2ccccc2)=CC1C)([c]1ccc(C)cc1)[c]1cccc2c1Cc1ccccc1-2. The summed E-state index contributed by atoms with van der Waals surface area (Å²) in [6.07, 6.45) is 3.49. The Balaban J connectivity index is 0.00000168. The van der Waals surface area contributed by atoms with E-state index in [-0.39, 0.29) is 24.8 Å². The predicted molar refractivity (Wildman–Crippen MR) is 169 cm³/mol. The zero-order valence-corrected chi connectivity index (χ0v) is 26.7. The minimum atomic E-state index is -4.27. The van der Waals surface area contributed by atoms with Gasteiger partial charge >= 0.3 is 218 Å². The van der Waals surface area contributed by atoms with Gasteiger partial charge in [-0.1, -0.05) is 0 Å². The molecular weight excluding hydrogens is 583 g/mol. The Morgan fingerprint density at radius 3 is 2.08 bits per heavy atom. The molecule has 0 aliphatic heterocycles. The molecule has 1 unspecified atom stereocenters. The van der Waals surface area contributed by atoms with Crippen molar-refractivity contribution in [1.82, 2.24) is 0 Å². The molecule has 6 rings (SSSR count). The number of allylic oxidation sites excluding steroid dienone is 4. The van der Waals surface area contributed by atoms with Crippen molar-refractivity contribution in [2.24, 2.45) is 5.92 Å². The first-order chi connectivity index (χ1) is 17.3.